The first-order chi connectivity index (χ1) is 10.2. The molecule has 124 valence electrons. The molecular formula is C11H16F3N5O2S. The number of alkyl halides is 3. The second-order valence-electron chi connectivity index (χ2n) is 4.96. The van der Waals surface area contributed by atoms with Gasteiger partial charge in [0.2, 0.25) is 10.0 Å². The molecule has 7 nitrogen and oxygen atoms in total. The molecule has 0 aliphatic carbocycles. The van der Waals surface area contributed by atoms with Gasteiger partial charge >= 0.3 is 6.18 Å². The number of hydrogen-bond donors (Lipinski definition) is 1. The van der Waals surface area contributed by atoms with Crippen LogP contribution in [0.3, 0.4) is 0 Å². The normalized spacial score (nSPS) is 17.7. The topological polar surface area (TPSA) is 92.4 Å². The predicted octanol–water partition coefficient (Wildman–Crippen LogP) is -0.0941. The molecule has 2 rings (SSSR count). The zero-order valence-corrected chi connectivity index (χ0v) is 12.4. The molecule has 1 aromatic rings. The number of sulfonamides is 1. The fourth-order valence-corrected chi connectivity index (χ4v) is 2.73. The first-order valence-corrected chi connectivity index (χ1v) is 8.25. The standard InChI is InChI=1S/C11H16F3N5O2S/c12-11(13,14)9-1-2-16-17-10(9)19-5-3-18(4-6-19)7-8-22(15,20)21/h1-2H,3-8H2,(H2,15,20,21). The third-order valence-corrected chi connectivity index (χ3v) is 4.12. The highest BCUT2D eigenvalue weighted by molar-refractivity contribution is 7.89. The Morgan fingerprint density at radius 2 is 1.86 bits per heavy atom. The summed E-state index contributed by atoms with van der Waals surface area (Å²) >= 11 is 0. The Bertz CT molecular complexity index is 614. The van der Waals surface area contributed by atoms with Crippen molar-refractivity contribution in [3.05, 3.63) is 17.8 Å². The molecule has 22 heavy (non-hydrogen) atoms. The Morgan fingerprint density at radius 3 is 2.41 bits per heavy atom. The second kappa shape index (κ2) is 6.34. The van der Waals surface area contributed by atoms with Gasteiger partial charge in [-0.1, -0.05) is 0 Å². The number of nitrogens with zero attached hydrogens (tertiary/aromatic N) is 4. The van der Waals surface area contributed by atoms with Gasteiger partial charge in [0.15, 0.2) is 5.82 Å². The monoisotopic (exact) mass is 339 g/mol. The summed E-state index contributed by atoms with van der Waals surface area (Å²) in [5, 5.41) is 12.1. The lowest BCUT2D eigenvalue weighted by molar-refractivity contribution is -0.137. The molecule has 0 atom stereocenters. The fraction of sp³-hybridized carbons (Fsp3) is 0.636. The smallest absolute Gasteiger partial charge is 0.352 e. The molecule has 0 aromatic carbocycles. The van der Waals surface area contributed by atoms with E-state index in [1.54, 1.807) is 0 Å². The van der Waals surface area contributed by atoms with Gasteiger partial charge in [-0.3, -0.25) is 4.90 Å². The predicted molar refractivity (Wildman–Crippen MR) is 73.7 cm³/mol. The number of aromatic nitrogens is 2. The van der Waals surface area contributed by atoms with Crippen LogP contribution in [0.1, 0.15) is 5.56 Å². The van der Waals surface area contributed by atoms with Crippen molar-refractivity contribution in [2.75, 3.05) is 43.4 Å². The number of rotatable bonds is 4. The molecule has 0 bridgehead atoms. The SMILES string of the molecule is NS(=O)(=O)CCN1CCN(c2nnccc2C(F)(F)F)CC1. The molecule has 0 saturated carbocycles. The summed E-state index contributed by atoms with van der Waals surface area (Å²) in [6.45, 7) is 1.75. The van der Waals surface area contributed by atoms with Gasteiger partial charge in [0, 0.05) is 32.7 Å². The van der Waals surface area contributed by atoms with Crippen molar-refractivity contribution in [2.45, 2.75) is 6.18 Å². The second-order valence-corrected chi connectivity index (χ2v) is 6.70. The van der Waals surface area contributed by atoms with Crippen LogP contribution in [0.5, 0.6) is 0 Å². The lowest BCUT2D eigenvalue weighted by atomic mass is 10.2. The van der Waals surface area contributed by atoms with Crippen LogP contribution in [0.2, 0.25) is 0 Å². The Labute approximate surface area is 126 Å². The van der Waals surface area contributed by atoms with Crippen molar-refractivity contribution in [1.29, 1.82) is 0 Å². The molecule has 1 fully saturated rings. The van der Waals surface area contributed by atoms with Crippen LogP contribution in [0.15, 0.2) is 12.3 Å². The van der Waals surface area contributed by atoms with Gasteiger partial charge in [-0.05, 0) is 6.07 Å². The Kier molecular flexibility index (Phi) is 4.87. The summed E-state index contributed by atoms with van der Waals surface area (Å²) < 4.78 is 60.7. The van der Waals surface area contributed by atoms with Crippen LogP contribution in [0.4, 0.5) is 19.0 Å². The van der Waals surface area contributed by atoms with E-state index in [1.165, 1.54) is 4.90 Å². The summed E-state index contributed by atoms with van der Waals surface area (Å²) in [4.78, 5) is 3.34. The highest BCUT2D eigenvalue weighted by Crippen LogP contribution is 2.34. The van der Waals surface area contributed by atoms with Crippen LogP contribution in [0, 0.1) is 0 Å². The molecule has 1 aliphatic heterocycles. The summed E-state index contributed by atoms with van der Waals surface area (Å²) in [7, 11) is -3.54. The molecule has 1 aromatic heterocycles. The molecule has 0 amide bonds. The van der Waals surface area contributed by atoms with E-state index in [9.17, 15) is 21.6 Å². The van der Waals surface area contributed by atoms with E-state index in [4.69, 9.17) is 5.14 Å². The number of hydrogen-bond acceptors (Lipinski definition) is 6. The zero-order valence-electron chi connectivity index (χ0n) is 11.6. The van der Waals surface area contributed by atoms with Crippen LogP contribution < -0.4 is 10.0 Å². The Hall–Kier alpha value is -1.46. The number of halogens is 3. The highest BCUT2D eigenvalue weighted by atomic mass is 32.2. The molecule has 1 saturated heterocycles. The van der Waals surface area contributed by atoms with Gasteiger partial charge in [-0.2, -0.15) is 18.3 Å². The van der Waals surface area contributed by atoms with E-state index in [0.29, 0.717) is 26.2 Å². The minimum Gasteiger partial charge on any atom is -0.352 e. The van der Waals surface area contributed by atoms with Crippen LogP contribution in [-0.2, 0) is 16.2 Å². The summed E-state index contributed by atoms with van der Waals surface area (Å²) in [5.74, 6) is -0.368. The number of piperazine rings is 1. The first kappa shape index (κ1) is 16.9. The quantitative estimate of drug-likeness (QED) is 0.824. The van der Waals surface area contributed by atoms with Gasteiger partial charge in [0.05, 0.1) is 11.9 Å². The lowest BCUT2D eigenvalue weighted by Gasteiger charge is -2.35. The largest absolute Gasteiger partial charge is 0.420 e. The van der Waals surface area contributed by atoms with E-state index >= 15 is 0 Å². The van der Waals surface area contributed by atoms with E-state index in [2.05, 4.69) is 10.2 Å². The molecule has 0 radical (unpaired) electrons. The Balaban J connectivity index is 2.01. The van der Waals surface area contributed by atoms with Gasteiger partial charge in [-0.25, -0.2) is 13.6 Å². The van der Waals surface area contributed by atoms with E-state index < -0.39 is 21.8 Å². The van der Waals surface area contributed by atoms with Crippen molar-refractivity contribution in [3.8, 4) is 0 Å². The number of nitrogens with two attached hydrogens (primary N) is 1. The number of primary sulfonamides is 1. The summed E-state index contributed by atoms with van der Waals surface area (Å²) in [6.07, 6.45) is -3.48. The maximum atomic E-state index is 12.9. The molecule has 1 aliphatic rings. The number of anilines is 1. The molecule has 2 N–H and O–H groups in total. The maximum Gasteiger partial charge on any atom is 0.420 e. The van der Waals surface area contributed by atoms with E-state index in [1.807, 2.05) is 4.90 Å². The summed E-state index contributed by atoms with van der Waals surface area (Å²) in [5.41, 5.74) is -0.819. The minimum absolute atomic E-state index is 0.175. The molecule has 11 heteroatoms. The lowest BCUT2D eigenvalue weighted by Crippen LogP contribution is -2.48. The van der Waals surface area contributed by atoms with E-state index in [0.717, 1.165) is 12.3 Å². The zero-order chi connectivity index (χ0) is 16.4. The average Bonchev–Trinajstić information content (AvgIpc) is 2.44. The first-order valence-electron chi connectivity index (χ1n) is 6.53. The van der Waals surface area contributed by atoms with Gasteiger partial charge in [0.25, 0.3) is 0 Å². The van der Waals surface area contributed by atoms with Crippen molar-refractivity contribution >= 4 is 15.8 Å². The van der Waals surface area contributed by atoms with Crippen molar-refractivity contribution in [2.24, 2.45) is 5.14 Å². The summed E-state index contributed by atoms with van der Waals surface area (Å²) in [6, 6.07) is 0.899. The highest BCUT2D eigenvalue weighted by Gasteiger charge is 2.36. The molecular weight excluding hydrogens is 323 g/mol. The van der Waals surface area contributed by atoms with Crippen LogP contribution in [-0.4, -0.2) is 62.0 Å². The minimum atomic E-state index is -4.49. The Morgan fingerprint density at radius 1 is 1.23 bits per heavy atom. The third-order valence-electron chi connectivity index (χ3n) is 3.37. The van der Waals surface area contributed by atoms with Gasteiger partial charge in [-0.15, -0.1) is 5.10 Å². The van der Waals surface area contributed by atoms with Gasteiger partial charge in [0.1, 0.15) is 5.56 Å². The van der Waals surface area contributed by atoms with Crippen molar-refractivity contribution < 1.29 is 21.6 Å². The molecule has 2 heterocycles. The van der Waals surface area contributed by atoms with Crippen LogP contribution in [0.25, 0.3) is 0 Å². The average molecular weight is 339 g/mol. The molecule has 0 unspecified atom stereocenters. The van der Waals surface area contributed by atoms with E-state index in [-0.39, 0.29) is 18.1 Å². The molecule has 0 spiro atoms. The van der Waals surface area contributed by atoms with Crippen molar-refractivity contribution in [3.63, 3.8) is 0 Å². The maximum absolute atomic E-state index is 12.9. The van der Waals surface area contributed by atoms with Crippen molar-refractivity contribution in [1.82, 2.24) is 15.1 Å². The fourth-order valence-electron chi connectivity index (χ4n) is 2.22. The third kappa shape index (κ3) is 4.52. The van der Waals surface area contributed by atoms with Crippen LogP contribution >= 0.6 is 0 Å². The van der Waals surface area contributed by atoms with Gasteiger partial charge < -0.3 is 4.90 Å².